The first-order chi connectivity index (χ1) is 13.5. The molecule has 0 aliphatic carbocycles. The molecule has 0 aromatic heterocycles. The molecule has 0 fully saturated rings. The van der Waals surface area contributed by atoms with Gasteiger partial charge >= 0.3 is 5.97 Å². The molecular weight excluding hydrogens is 426 g/mol. The van der Waals surface area contributed by atoms with Crippen LogP contribution in [0.1, 0.15) is 124 Å². The Morgan fingerprint density at radius 1 is 0.828 bits per heavy atom. The summed E-state index contributed by atoms with van der Waals surface area (Å²) in [6, 6.07) is 0. The number of ether oxygens (including phenoxy) is 1. The molecule has 4 heteroatoms. The highest BCUT2D eigenvalue weighted by atomic mass is 79.9. The fourth-order valence-electron chi connectivity index (χ4n) is 3.63. The van der Waals surface area contributed by atoms with Crippen molar-refractivity contribution in [3.05, 3.63) is 12.7 Å². The molecule has 1 N–H and O–H groups in total. The maximum Gasteiger partial charge on any atom is 0.330 e. The van der Waals surface area contributed by atoms with Crippen LogP contribution in [0.3, 0.4) is 0 Å². The summed E-state index contributed by atoms with van der Waals surface area (Å²) in [4.78, 5) is 11.0. The van der Waals surface area contributed by atoms with E-state index in [4.69, 9.17) is 4.74 Å². The Morgan fingerprint density at radius 3 is 1.66 bits per heavy atom. The van der Waals surface area contributed by atoms with E-state index in [1.165, 1.54) is 109 Å². The SMILES string of the molecule is Br.C=CC(=O)OCCNC(C)(C)CCCCCCCCCCCCCCCCC. The second kappa shape index (κ2) is 22.3. The third-order valence-corrected chi connectivity index (χ3v) is 5.52. The van der Waals surface area contributed by atoms with Gasteiger partial charge in [0.05, 0.1) is 0 Å². The van der Waals surface area contributed by atoms with Gasteiger partial charge in [0.25, 0.3) is 0 Å². The molecule has 0 atom stereocenters. The zero-order chi connectivity index (χ0) is 20.9. The third-order valence-electron chi connectivity index (χ3n) is 5.52. The van der Waals surface area contributed by atoms with Crippen LogP contribution < -0.4 is 5.32 Å². The Bertz CT molecular complexity index is 372. The first kappa shape index (κ1) is 30.8. The van der Waals surface area contributed by atoms with Crippen molar-refractivity contribution in [2.24, 2.45) is 0 Å². The highest BCUT2D eigenvalue weighted by molar-refractivity contribution is 8.93. The molecule has 0 aliphatic rings. The van der Waals surface area contributed by atoms with E-state index in [0.717, 1.165) is 0 Å². The molecule has 174 valence electrons. The van der Waals surface area contributed by atoms with Gasteiger partial charge < -0.3 is 10.1 Å². The van der Waals surface area contributed by atoms with Crippen LogP contribution in [0.15, 0.2) is 12.7 Å². The predicted molar refractivity (Wildman–Crippen MR) is 133 cm³/mol. The molecule has 0 saturated carbocycles. The minimum absolute atomic E-state index is 0. The number of hydrogen-bond acceptors (Lipinski definition) is 3. The van der Waals surface area contributed by atoms with Crippen molar-refractivity contribution in [3.8, 4) is 0 Å². The summed E-state index contributed by atoms with van der Waals surface area (Å²) in [5, 5.41) is 3.48. The van der Waals surface area contributed by atoms with Gasteiger partial charge in [0.1, 0.15) is 6.61 Å². The Balaban J connectivity index is 0. The van der Waals surface area contributed by atoms with Gasteiger partial charge in [-0.15, -0.1) is 17.0 Å². The van der Waals surface area contributed by atoms with Gasteiger partial charge in [-0.2, -0.15) is 0 Å². The normalized spacial score (nSPS) is 11.1. The lowest BCUT2D eigenvalue weighted by molar-refractivity contribution is -0.137. The van der Waals surface area contributed by atoms with E-state index in [1.807, 2.05) is 0 Å². The Labute approximate surface area is 192 Å². The van der Waals surface area contributed by atoms with Gasteiger partial charge in [-0.1, -0.05) is 110 Å². The molecule has 0 saturated heterocycles. The van der Waals surface area contributed by atoms with Crippen molar-refractivity contribution in [3.63, 3.8) is 0 Å². The Morgan fingerprint density at radius 2 is 1.24 bits per heavy atom. The number of esters is 1. The van der Waals surface area contributed by atoms with Crippen LogP contribution >= 0.6 is 17.0 Å². The fourth-order valence-corrected chi connectivity index (χ4v) is 3.63. The largest absolute Gasteiger partial charge is 0.461 e. The lowest BCUT2D eigenvalue weighted by Crippen LogP contribution is -2.41. The summed E-state index contributed by atoms with van der Waals surface area (Å²) in [7, 11) is 0. The maximum atomic E-state index is 11.0. The lowest BCUT2D eigenvalue weighted by atomic mass is 9.96. The molecule has 0 aromatic rings. The number of carbonyl (C=O) groups is 1. The Hall–Kier alpha value is -0.350. The van der Waals surface area contributed by atoms with E-state index in [2.05, 4.69) is 32.7 Å². The number of unbranched alkanes of at least 4 members (excludes halogenated alkanes) is 14. The summed E-state index contributed by atoms with van der Waals surface area (Å²) in [5.74, 6) is -0.345. The number of rotatable bonds is 21. The number of hydrogen-bond donors (Lipinski definition) is 1. The van der Waals surface area contributed by atoms with Gasteiger partial charge in [0.2, 0.25) is 0 Å². The van der Waals surface area contributed by atoms with Crippen molar-refractivity contribution in [2.75, 3.05) is 13.2 Å². The second-order valence-corrected chi connectivity index (χ2v) is 8.88. The monoisotopic (exact) mass is 475 g/mol. The van der Waals surface area contributed by atoms with Crippen LogP contribution in [0.4, 0.5) is 0 Å². The quantitative estimate of drug-likeness (QED) is 0.104. The second-order valence-electron chi connectivity index (χ2n) is 8.88. The van der Waals surface area contributed by atoms with Crippen LogP contribution in [-0.2, 0) is 9.53 Å². The van der Waals surface area contributed by atoms with Crippen molar-refractivity contribution in [2.45, 2.75) is 129 Å². The standard InChI is InChI=1S/C25H49NO2.BrH/c1-5-7-8-9-10-11-12-13-14-15-16-17-18-19-20-21-25(3,4)26-22-23-28-24(27)6-2;/h6,26H,2,5,7-23H2,1,3-4H3;1H. The summed E-state index contributed by atoms with van der Waals surface area (Å²) >= 11 is 0. The first-order valence-corrected chi connectivity index (χ1v) is 12.1. The summed E-state index contributed by atoms with van der Waals surface area (Å²) in [6.45, 7) is 11.2. The average Bonchev–Trinajstić information content (AvgIpc) is 2.68. The summed E-state index contributed by atoms with van der Waals surface area (Å²) < 4.78 is 5.00. The maximum absolute atomic E-state index is 11.0. The van der Waals surface area contributed by atoms with E-state index in [-0.39, 0.29) is 28.5 Å². The summed E-state index contributed by atoms with van der Waals surface area (Å²) in [6.07, 6.45) is 23.4. The van der Waals surface area contributed by atoms with Crippen LogP contribution in [-0.4, -0.2) is 24.7 Å². The minimum Gasteiger partial charge on any atom is -0.461 e. The van der Waals surface area contributed by atoms with Crippen LogP contribution in [0.5, 0.6) is 0 Å². The van der Waals surface area contributed by atoms with Crippen LogP contribution in [0.2, 0.25) is 0 Å². The number of nitrogens with one attached hydrogen (secondary N) is 1. The zero-order valence-electron chi connectivity index (χ0n) is 19.7. The molecule has 0 bridgehead atoms. The van der Waals surface area contributed by atoms with Crippen molar-refractivity contribution in [1.29, 1.82) is 0 Å². The lowest BCUT2D eigenvalue weighted by Gasteiger charge is -2.26. The zero-order valence-corrected chi connectivity index (χ0v) is 21.5. The predicted octanol–water partition coefficient (Wildman–Crippen LogP) is 7.92. The van der Waals surface area contributed by atoms with Crippen molar-refractivity contribution >= 4 is 23.0 Å². The smallest absolute Gasteiger partial charge is 0.330 e. The molecule has 0 rings (SSSR count). The van der Waals surface area contributed by atoms with E-state index in [1.54, 1.807) is 0 Å². The van der Waals surface area contributed by atoms with E-state index >= 15 is 0 Å². The molecule has 0 heterocycles. The van der Waals surface area contributed by atoms with E-state index in [0.29, 0.717) is 13.2 Å². The first-order valence-electron chi connectivity index (χ1n) is 12.1. The molecule has 0 radical (unpaired) electrons. The average molecular weight is 477 g/mol. The molecule has 29 heavy (non-hydrogen) atoms. The molecule has 0 unspecified atom stereocenters. The van der Waals surface area contributed by atoms with Gasteiger partial charge in [-0.25, -0.2) is 4.79 Å². The highest BCUT2D eigenvalue weighted by Gasteiger charge is 2.15. The van der Waals surface area contributed by atoms with E-state index in [9.17, 15) is 4.79 Å². The molecule has 0 aliphatic heterocycles. The molecular formula is C25H50BrNO2. The summed E-state index contributed by atoms with van der Waals surface area (Å²) in [5.41, 5.74) is 0.108. The van der Waals surface area contributed by atoms with Gasteiger partial charge in [0, 0.05) is 18.2 Å². The highest BCUT2D eigenvalue weighted by Crippen LogP contribution is 2.16. The van der Waals surface area contributed by atoms with Crippen molar-refractivity contribution < 1.29 is 9.53 Å². The topological polar surface area (TPSA) is 38.3 Å². The fraction of sp³-hybridized carbons (Fsp3) is 0.880. The molecule has 0 spiro atoms. The number of halogens is 1. The van der Waals surface area contributed by atoms with Crippen molar-refractivity contribution in [1.82, 2.24) is 5.32 Å². The molecule has 3 nitrogen and oxygen atoms in total. The van der Waals surface area contributed by atoms with Gasteiger partial charge in [-0.3, -0.25) is 0 Å². The van der Waals surface area contributed by atoms with E-state index < -0.39 is 0 Å². The van der Waals surface area contributed by atoms with Crippen LogP contribution in [0, 0.1) is 0 Å². The van der Waals surface area contributed by atoms with Gasteiger partial charge in [-0.05, 0) is 20.3 Å². The number of carbonyl (C=O) groups excluding carboxylic acids is 1. The Kier molecular flexibility index (Phi) is 23.8. The molecule has 0 amide bonds. The molecule has 0 aromatic carbocycles. The minimum atomic E-state index is -0.345. The van der Waals surface area contributed by atoms with Crippen LogP contribution in [0.25, 0.3) is 0 Å². The van der Waals surface area contributed by atoms with Gasteiger partial charge in [0.15, 0.2) is 0 Å². The third kappa shape index (κ3) is 23.8.